The van der Waals surface area contributed by atoms with E-state index < -0.39 is 24.4 Å². The Kier molecular flexibility index (Phi) is 4.80. The first-order chi connectivity index (χ1) is 12.0. The molecule has 2 aromatic rings. The first-order valence-corrected chi connectivity index (χ1v) is 8.19. The maximum atomic E-state index is 12.1. The Bertz CT molecular complexity index is 871. The van der Waals surface area contributed by atoms with Crippen molar-refractivity contribution >= 4 is 40.2 Å². The smallest absolute Gasteiger partial charge is 0.338 e. The molecule has 1 aromatic heterocycles. The molecule has 7 nitrogen and oxygen atoms in total. The summed E-state index contributed by atoms with van der Waals surface area (Å²) in [6.45, 7) is -0.401. The van der Waals surface area contributed by atoms with E-state index in [1.807, 2.05) is 18.2 Å². The van der Waals surface area contributed by atoms with Crippen LogP contribution in [0.2, 0.25) is 0 Å². The summed E-state index contributed by atoms with van der Waals surface area (Å²) in [4.78, 5) is 35.2. The van der Waals surface area contributed by atoms with Crippen molar-refractivity contribution in [1.82, 2.24) is 0 Å². The Morgan fingerprint density at radius 1 is 1.24 bits per heavy atom. The van der Waals surface area contributed by atoms with E-state index in [2.05, 4.69) is 5.32 Å². The van der Waals surface area contributed by atoms with Gasteiger partial charge in [0.1, 0.15) is 17.4 Å². The highest BCUT2D eigenvalue weighted by atomic mass is 32.1. The molecule has 0 spiro atoms. The van der Waals surface area contributed by atoms with Gasteiger partial charge in [-0.2, -0.15) is 0 Å². The van der Waals surface area contributed by atoms with Gasteiger partial charge in [0.2, 0.25) is 0 Å². The molecule has 0 atom stereocenters. The van der Waals surface area contributed by atoms with Gasteiger partial charge in [-0.15, -0.1) is 11.3 Å². The van der Waals surface area contributed by atoms with Crippen LogP contribution in [0, 0.1) is 0 Å². The number of nitrogens with two attached hydrogens (primary N) is 1. The highest BCUT2D eigenvalue weighted by molar-refractivity contribution is 7.14. The number of fused-ring (bicyclic) bond motifs is 1. The number of para-hydroxylation sites is 1. The predicted octanol–water partition coefficient (Wildman–Crippen LogP) is 1.80. The average molecular weight is 358 g/mol. The molecule has 25 heavy (non-hydrogen) atoms. The maximum Gasteiger partial charge on any atom is 0.338 e. The minimum atomic E-state index is -0.642. The van der Waals surface area contributed by atoms with Gasteiger partial charge in [0.05, 0.1) is 11.1 Å². The summed E-state index contributed by atoms with van der Waals surface area (Å²) in [6.07, 6.45) is 1.67. The van der Waals surface area contributed by atoms with Gasteiger partial charge in [-0.05, 0) is 23.6 Å². The fraction of sp³-hybridized carbons (Fsp3) is 0.118. The molecule has 0 saturated heterocycles. The SMILES string of the molecule is NC(=O)c1ccsc1NC(=O)COC(=O)C1=Cc2ccccc2OC1. The summed E-state index contributed by atoms with van der Waals surface area (Å²) in [5.74, 6) is -1.15. The molecule has 2 amide bonds. The molecule has 2 heterocycles. The largest absolute Gasteiger partial charge is 0.488 e. The second-order valence-corrected chi connectivity index (χ2v) is 6.06. The third-order valence-corrected chi connectivity index (χ3v) is 4.24. The van der Waals surface area contributed by atoms with Crippen molar-refractivity contribution < 1.29 is 23.9 Å². The summed E-state index contributed by atoms with van der Waals surface area (Å²) in [5.41, 5.74) is 6.51. The van der Waals surface area contributed by atoms with Crippen LogP contribution in [0.25, 0.3) is 6.08 Å². The van der Waals surface area contributed by atoms with Gasteiger partial charge in [0.25, 0.3) is 11.8 Å². The van der Waals surface area contributed by atoms with Crippen LogP contribution in [0.3, 0.4) is 0 Å². The summed E-state index contributed by atoms with van der Waals surface area (Å²) < 4.78 is 10.5. The number of anilines is 1. The summed E-state index contributed by atoms with van der Waals surface area (Å²) in [5, 5.41) is 4.45. The second kappa shape index (κ2) is 7.18. The van der Waals surface area contributed by atoms with Crippen LogP contribution in [0.5, 0.6) is 5.75 Å². The Balaban J connectivity index is 1.57. The zero-order valence-electron chi connectivity index (χ0n) is 13.0. The molecular weight excluding hydrogens is 344 g/mol. The Morgan fingerprint density at radius 2 is 2.04 bits per heavy atom. The Hall–Kier alpha value is -3.13. The van der Waals surface area contributed by atoms with E-state index in [4.69, 9.17) is 15.2 Å². The van der Waals surface area contributed by atoms with Crippen LogP contribution in [0.1, 0.15) is 15.9 Å². The standard InChI is InChI=1S/C17H14N2O5S/c18-15(21)12-5-6-25-16(12)19-14(20)9-24-17(22)11-7-10-3-1-2-4-13(10)23-8-11/h1-7H,8-9H2,(H2,18,21)(H,19,20). The first-order valence-electron chi connectivity index (χ1n) is 7.31. The number of rotatable bonds is 5. The maximum absolute atomic E-state index is 12.1. The summed E-state index contributed by atoms with van der Waals surface area (Å²) in [7, 11) is 0. The van der Waals surface area contributed by atoms with Gasteiger partial charge in [-0.3, -0.25) is 9.59 Å². The molecule has 1 aliphatic heterocycles. The van der Waals surface area contributed by atoms with Crippen LogP contribution in [-0.4, -0.2) is 31.0 Å². The number of primary amides is 1. The molecule has 0 aliphatic carbocycles. The molecular formula is C17H14N2O5S. The number of benzene rings is 1. The zero-order valence-corrected chi connectivity index (χ0v) is 13.8. The number of carbonyl (C=O) groups is 3. The Morgan fingerprint density at radius 3 is 2.84 bits per heavy atom. The summed E-state index contributed by atoms with van der Waals surface area (Å²) in [6, 6.07) is 8.80. The fourth-order valence-corrected chi connectivity index (χ4v) is 3.03. The lowest BCUT2D eigenvalue weighted by atomic mass is 10.1. The van der Waals surface area contributed by atoms with Crippen molar-refractivity contribution in [3.63, 3.8) is 0 Å². The third-order valence-electron chi connectivity index (χ3n) is 3.41. The van der Waals surface area contributed by atoms with Gasteiger partial charge in [-0.1, -0.05) is 18.2 Å². The molecule has 0 bridgehead atoms. The van der Waals surface area contributed by atoms with Crippen molar-refractivity contribution in [2.24, 2.45) is 5.73 Å². The molecule has 3 N–H and O–H groups in total. The monoisotopic (exact) mass is 358 g/mol. The van der Waals surface area contributed by atoms with Crippen molar-refractivity contribution in [3.05, 3.63) is 52.4 Å². The fourth-order valence-electron chi connectivity index (χ4n) is 2.22. The molecule has 0 saturated carbocycles. The van der Waals surface area contributed by atoms with Crippen LogP contribution < -0.4 is 15.8 Å². The highest BCUT2D eigenvalue weighted by Crippen LogP contribution is 2.26. The van der Waals surface area contributed by atoms with Gasteiger partial charge < -0.3 is 20.5 Å². The number of hydrogen-bond donors (Lipinski definition) is 2. The average Bonchev–Trinajstić information content (AvgIpc) is 3.07. The minimum Gasteiger partial charge on any atom is -0.488 e. The molecule has 128 valence electrons. The van der Waals surface area contributed by atoms with E-state index >= 15 is 0 Å². The van der Waals surface area contributed by atoms with E-state index in [1.165, 1.54) is 6.07 Å². The van der Waals surface area contributed by atoms with Gasteiger partial charge >= 0.3 is 5.97 Å². The lowest BCUT2D eigenvalue weighted by molar-refractivity contribution is -0.143. The number of nitrogens with one attached hydrogen (secondary N) is 1. The van der Waals surface area contributed by atoms with Crippen molar-refractivity contribution in [2.75, 3.05) is 18.5 Å². The number of thiophene rings is 1. The normalized spacial score (nSPS) is 12.4. The summed E-state index contributed by atoms with van der Waals surface area (Å²) >= 11 is 1.16. The van der Waals surface area contributed by atoms with Crippen LogP contribution in [-0.2, 0) is 14.3 Å². The predicted molar refractivity (Wildman–Crippen MR) is 92.3 cm³/mol. The minimum absolute atomic E-state index is 0.0776. The van der Waals surface area contributed by atoms with E-state index in [0.717, 1.165) is 16.9 Å². The van der Waals surface area contributed by atoms with Crippen LogP contribution in [0.15, 0.2) is 41.3 Å². The molecule has 0 unspecified atom stereocenters. The van der Waals surface area contributed by atoms with E-state index in [0.29, 0.717) is 16.3 Å². The lowest BCUT2D eigenvalue weighted by Crippen LogP contribution is -2.24. The van der Waals surface area contributed by atoms with Gasteiger partial charge in [0.15, 0.2) is 6.61 Å². The number of carbonyl (C=O) groups excluding carboxylic acids is 3. The lowest BCUT2D eigenvalue weighted by Gasteiger charge is -2.16. The molecule has 0 fully saturated rings. The third kappa shape index (κ3) is 3.86. The molecule has 3 rings (SSSR count). The highest BCUT2D eigenvalue weighted by Gasteiger charge is 2.19. The van der Waals surface area contributed by atoms with E-state index in [1.54, 1.807) is 17.5 Å². The molecule has 1 aliphatic rings. The van der Waals surface area contributed by atoms with Crippen molar-refractivity contribution in [3.8, 4) is 5.75 Å². The number of ether oxygens (including phenoxy) is 2. The number of hydrogen-bond acceptors (Lipinski definition) is 6. The van der Waals surface area contributed by atoms with Crippen molar-refractivity contribution in [2.45, 2.75) is 0 Å². The zero-order chi connectivity index (χ0) is 17.8. The molecule has 8 heteroatoms. The second-order valence-electron chi connectivity index (χ2n) is 5.15. The van der Waals surface area contributed by atoms with E-state index in [9.17, 15) is 14.4 Å². The topological polar surface area (TPSA) is 108 Å². The van der Waals surface area contributed by atoms with Gasteiger partial charge in [-0.25, -0.2) is 4.79 Å². The number of esters is 1. The van der Waals surface area contributed by atoms with Crippen LogP contribution in [0.4, 0.5) is 5.00 Å². The quantitative estimate of drug-likeness (QED) is 0.793. The number of amides is 2. The van der Waals surface area contributed by atoms with Crippen molar-refractivity contribution in [1.29, 1.82) is 0 Å². The Labute approximate surface area is 147 Å². The first kappa shape index (κ1) is 16.7. The van der Waals surface area contributed by atoms with E-state index in [-0.39, 0.29) is 12.2 Å². The van der Waals surface area contributed by atoms with Gasteiger partial charge in [0, 0.05) is 5.56 Å². The molecule has 1 aromatic carbocycles. The molecule has 0 radical (unpaired) electrons. The van der Waals surface area contributed by atoms with Crippen LogP contribution >= 0.6 is 11.3 Å².